The molecule has 0 heterocycles. The van der Waals surface area contributed by atoms with E-state index in [2.05, 4.69) is 57.2 Å². The van der Waals surface area contributed by atoms with Crippen LogP contribution in [0.25, 0.3) is 6.08 Å². The number of hydrogen-bond donors (Lipinski definition) is 0. The summed E-state index contributed by atoms with van der Waals surface area (Å²) in [4.78, 5) is 0. The van der Waals surface area contributed by atoms with E-state index in [1.807, 2.05) is 6.92 Å². The van der Waals surface area contributed by atoms with Gasteiger partial charge in [-0.1, -0.05) is 47.6 Å². The van der Waals surface area contributed by atoms with E-state index in [1.54, 1.807) is 0 Å². The van der Waals surface area contributed by atoms with Gasteiger partial charge in [-0.25, -0.2) is 0 Å². The van der Waals surface area contributed by atoms with E-state index in [1.165, 1.54) is 22.3 Å². The van der Waals surface area contributed by atoms with Crippen molar-refractivity contribution in [1.82, 2.24) is 0 Å². The molecule has 14 heavy (non-hydrogen) atoms. The summed E-state index contributed by atoms with van der Waals surface area (Å²) >= 11 is 0. The normalized spacial score (nSPS) is 12.4. The monoisotopic (exact) mass is 186 g/mol. The minimum absolute atomic E-state index is 1.29. The molecule has 1 rings (SSSR count). The molecule has 0 unspecified atom stereocenters. The molecule has 0 bridgehead atoms. The Morgan fingerprint density at radius 1 is 1.21 bits per heavy atom. The van der Waals surface area contributed by atoms with Gasteiger partial charge in [-0.05, 0) is 38.8 Å². The minimum Gasteiger partial charge on any atom is -0.0874 e. The zero-order valence-electron chi connectivity index (χ0n) is 9.46. The molecule has 0 radical (unpaired) electrons. The van der Waals surface area contributed by atoms with Crippen LogP contribution in [0.3, 0.4) is 0 Å². The van der Waals surface area contributed by atoms with Gasteiger partial charge in [-0.2, -0.15) is 0 Å². The van der Waals surface area contributed by atoms with Gasteiger partial charge >= 0.3 is 0 Å². The zero-order chi connectivity index (χ0) is 10.6. The van der Waals surface area contributed by atoms with Gasteiger partial charge in [-0.15, -0.1) is 0 Å². The second kappa shape index (κ2) is 4.80. The molecule has 0 heteroatoms. The van der Waals surface area contributed by atoms with Crippen LogP contribution in [0.5, 0.6) is 0 Å². The molecule has 0 saturated heterocycles. The molecule has 0 atom stereocenters. The van der Waals surface area contributed by atoms with Crippen molar-refractivity contribution < 1.29 is 0 Å². The summed E-state index contributed by atoms with van der Waals surface area (Å²) in [6.07, 6.45) is 6.41. The van der Waals surface area contributed by atoms with Gasteiger partial charge in [0, 0.05) is 0 Å². The van der Waals surface area contributed by atoms with Gasteiger partial charge in [0.05, 0.1) is 0 Å². The van der Waals surface area contributed by atoms with E-state index < -0.39 is 0 Å². The Kier molecular flexibility index (Phi) is 3.70. The fraction of sp³-hybridized carbons (Fsp3) is 0.286. The second-order valence-corrected chi connectivity index (χ2v) is 3.75. The summed E-state index contributed by atoms with van der Waals surface area (Å²) in [5.41, 5.74) is 5.27. The highest BCUT2D eigenvalue weighted by Gasteiger charge is 1.94. The van der Waals surface area contributed by atoms with Gasteiger partial charge in [0.2, 0.25) is 0 Å². The van der Waals surface area contributed by atoms with Gasteiger partial charge in [0.25, 0.3) is 0 Å². The molecule has 0 N–H and O–H groups in total. The van der Waals surface area contributed by atoms with E-state index in [4.69, 9.17) is 0 Å². The Balaban J connectivity index is 3.03. The lowest BCUT2D eigenvalue weighted by atomic mass is 10.0. The van der Waals surface area contributed by atoms with Crippen molar-refractivity contribution in [2.24, 2.45) is 0 Å². The van der Waals surface area contributed by atoms with Crippen molar-refractivity contribution >= 4 is 6.08 Å². The molecular weight excluding hydrogens is 168 g/mol. The van der Waals surface area contributed by atoms with E-state index in [0.717, 1.165) is 0 Å². The lowest BCUT2D eigenvalue weighted by Gasteiger charge is -2.02. The maximum atomic E-state index is 2.22. The number of benzene rings is 1. The molecule has 0 aromatic heterocycles. The van der Waals surface area contributed by atoms with Crippen LogP contribution in [0.4, 0.5) is 0 Å². The molecule has 1 aromatic carbocycles. The molecule has 0 fully saturated rings. The molecule has 0 amide bonds. The Hall–Kier alpha value is -1.30. The van der Waals surface area contributed by atoms with Gasteiger partial charge in [-0.3, -0.25) is 0 Å². The summed E-state index contributed by atoms with van der Waals surface area (Å²) in [5.74, 6) is 0. The van der Waals surface area contributed by atoms with Crippen molar-refractivity contribution in [3.63, 3.8) is 0 Å². The van der Waals surface area contributed by atoms with Gasteiger partial charge < -0.3 is 0 Å². The van der Waals surface area contributed by atoms with Crippen LogP contribution in [0, 0.1) is 13.8 Å². The highest BCUT2D eigenvalue weighted by molar-refractivity contribution is 5.58. The fourth-order valence-corrected chi connectivity index (χ4v) is 1.54. The van der Waals surface area contributed by atoms with Crippen LogP contribution in [-0.4, -0.2) is 0 Å². The molecule has 0 saturated carbocycles. The molecule has 74 valence electrons. The lowest BCUT2D eigenvalue weighted by Crippen LogP contribution is -1.82. The lowest BCUT2D eigenvalue weighted by molar-refractivity contribution is 1.36. The third-order valence-corrected chi connectivity index (χ3v) is 2.24. The van der Waals surface area contributed by atoms with Crippen LogP contribution < -0.4 is 0 Å². The SMILES string of the molecule is C/C=C\C(C)=C/c1ccc(C)cc1C. The van der Waals surface area contributed by atoms with E-state index in [0.29, 0.717) is 0 Å². The fourth-order valence-electron chi connectivity index (χ4n) is 1.54. The maximum absolute atomic E-state index is 2.22. The van der Waals surface area contributed by atoms with Crippen molar-refractivity contribution in [1.29, 1.82) is 0 Å². The Morgan fingerprint density at radius 3 is 2.50 bits per heavy atom. The average molecular weight is 186 g/mol. The first-order valence-electron chi connectivity index (χ1n) is 5.01. The molecule has 0 nitrogen and oxygen atoms in total. The van der Waals surface area contributed by atoms with E-state index >= 15 is 0 Å². The molecule has 1 aromatic rings. The maximum Gasteiger partial charge on any atom is -0.0225 e. The summed E-state index contributed by atoms with van der Waals surface area (Å²) < 4.78 is 0. The number of hydrogen-bond acceptors (Lipinski definition) is 0. The predicted molar refractivity (Wildman–Crippen MR) is 64.4 cm³/mol. The highest BCUT2D eigenvalue weighted by Crippen LogP contribution is 2.14. The van der Waals surface area contributed by atoms with Crippen molar-refractivity contribution in [3.8, 4) is 0 Å². The molecule has 0 spiro atoms. The average Bonchev–Trinajstić information content (AvgIpc) is 2.10. The highest BCUT2D eigenvalue weighted by atomic mass is 14.0. The van der Waals surface area contributed by atoms with Crippen LogP contribution >= 0.6 is 0 Å². The summed E-state index contributed by atoms with van der Waals surface area (Å²) in [6.45, 7) is 8.44. The van der Waals surface area contributed by atoms with Crippen molar-refractivity contribution in [3.05, 3.63) is 52.6 Å². The summed E-state index contributed by atoms with van der Waals surface area (Å²) in [5, 5.41) is 0. The molecule has 0 aliphatic carbocycles. The third kappa shape index (κ3) is 2.88. The van der Waals surface area contributed by atoms with Crippen molar-refractivity contribution in [2.45, 2.75) is 27.7 Å². The predicted octanol–water partition coefficient (Wildman–Crippen LogP) is 4.28. The van der Waals surface area contributed by atoms with Crippen LogP contribution in [0.2, 0.25) is 0 Å². The van der Waals surface area contributed by atoms with E-state index in [9.17, 15) is 0 Å². The standard InChI is InChI=1S/C14H18/c1-5-6-11(2)10-14-8-7-12(3)9-13(14)4/h5-10H,1-4H3/b6-5-,11-10-. The van der Waals surface area contributed by atoms with Crippen LogP contribution in [0.1, 0.15) is 30.5 Å². The van der Waals surface area contributed by atoms with Gasteiger partial charge in [0.1, 0.15) is 0 Å². The number of allylic oxidation sites excluding steroid dienone is 3. The Morgan fingerprint density at radius 2 is 1.93 bits per heavy atom. The first kappa shape index (κ1) is 10.8. The zero-order valence-corrected chi connectivity index (χ0v) is 9.46. The summed E-state index contributed by atoms with van der Waals surface area (Å²) in [7, 11) is 0. The van der Waals surface area contributed by atoms with Gasteiger partial charge in [0.15, 0.2) is 0 Å². The molecule has 0 aliphatic rings. The van der Waals surface area contributed by atoms with Crippen LogP contribution in [0.15, 0.2) is 35.9 Å². The minimum atomic E-state index is 1.29. The summed E-state index contributed by atoms with van der Waals surface area (Å²) in [6, 6.07) is 6.55. The number of rotatable bonds is 2. The Labute approximate surface area is 87.0 Å². The van der Waals surface area contributed by atoms with E-state index in [-0.39, 0.29) is 0 Å². The second-order valence-electron chi connectivity index (χ2n) is 3.75. The Bertz CT molecular complexity index is 368. The topological polar surface area (TPSA) is 0 Å². The first-order chi connectivity index (χ1) is 6.63. The molecule has 0 aliphatic heterocycles. The first-order valence-corrected chi connectivity index (χ1v) is 5.01. The third-order valence-electron chi connectivity index (χ3n) is 2.24. The quantitative estimate of drug-likeness (QED) is 0.605. The molecular formula is C14H18. The van der Waals surface area contributed by atoms with Crippen molar-refractivity contribution in [2.75, 3.05) is 0 Å². The number of aryl methyl sites for hydroxylation is 2. The largest absolute Gasteiger partial charge is 0.0874 e. The smallest absolute Gasteiger partial charge is 0.0225 e. The van der Waals surface area contributed by atoms with Crippen LogP contribution in [-0.2, 0) is 0 Å².